The fraction of sp³-hybridized carbons (Fsp3) is 0.333. The SMILES string of the molecule is Cc1ccccc1C(C)NC(=O)C(NC(=O)c1c(F)cccc1F)C(C)C. The van der Waals surface area contributed by atoms with Crippen LogP contribution in [-0.2, 0) is 4.79 Å². The average molecular weight is 374 g/mol. The average Bonchev–Trinajstić information content (AvgIpc) is 2.59. The number of carbonyl (C=O) groups is 2. The molecule has 0 aliphatic rings. The molecule has 2 N–H and O–H groups in total. The molecule has 0 aliphatic carbocycles. The van der Waals surface area contributed by atoms with E-state index in [1.165, 1.54) is 6.07 Å². The number of nitrogens with one attached hydrogen (secondary N) is 2. The van der Waals surface area contributed by atoms with Gasteiger partial charge in [0.2, 0.25) is 5.91 Å². The Morgan fingerprint density at radius 3 is 2.04 bits per heavy atom. The Kier molecular flexibility index (Phi) is 6.66. The topological polar surface area (TPSA) is 58.2 Å². The number of aryl methyl sites for hydroxylation is 1. The third-order valence-electron chi connectivity index (χ3n) is 4.44. The molecule has 2 aromatic rings. The van der Waals surface area contributed by atoms with Gasteiger partial charge in [-0.1, -0.05) is 44.2 Å². The lowest BCUT2D eigenvalue weighted by Gasteiger charge is -2.25. The van der Waals surface area contributed by atoms with Crippen molar-refractivity contribution < 1.29 is 18.4 Å². The Bertz CT molecular complexity index is 816. The van der Waals surface area contributed by atoms with Crippen LogP contribution in [0.4, 0.5) is 8.78 Å². The van der Waals surface area contributed by atoms with E-state index in [9.17, 15) is 18.4 Å². The van der Waals surface area contributed by atoms with E-state index < -0.39 is 35.1 Å². The van der Waals surface area contributed by atoms with Crippen LogP contribution in [0.3, 0.4) is 0 Å². The zero-order chi connectivity index (χ0) is 20.1. The standard InChI is InChI=1S/C21H24F2N2O2/c1-12(2)19(25-20(26)18-16(22)10-7-11-17(18)23)21(27)24-14(4)15-9-6-5-8-13(15)3/h5-12,14,19H,1-4H3,(H,24,27)(H,25,26). The van der Waals surface area contributed by atoms with Crippen LogP contribution in [0.25, 0.3) is 0 Å². The summed E-state index contributed by atoms with van der Waals surface area (Å²) in [6.07, 6.45) is 0. The van der Waals surface area contributed by atoms with Gasteiger partial charge in [0.15, 0.2) is 0 Å². The van der Waals surface area contributed by atoms with Crippen LogP contribution in [-0.4, -0.2) is 17.9 Å². The molecule has 2 unspecified atom stereocenters. The van der Waals surface area contributed by atoms with Crippen molar-refractivity contribution in [1.29, 1.82) is 0 Å². The van der Waals surface area contributed by atoms with Crippen molar-refractivity contribution in [2.75, 3.05) is 0 Å². The number of rotatable bonds is 6. The molecule has 0 fully saturated rings. The van der Waals surface area contributed by atoms with Gasteiger partial charge in [0.25, 0.3) is 5.91 Å². The van der Waals surface area contributed by atoms with Crippen molar-refractivity contribution in [2.45, 2.75) is 39.8 Å². The molecule has 27 heavy (non-hydrogen) atoms. The minimum absolute atomic E-state index is 0.271. The van der Waals surface area contributed by atoms with Gasteiger partial charge in [-0.3, -0.25) is 9.59 Å². The molecule has 0 saturated heterocycles. The fourth-order valence-electron chi connectivity index (χ4n) is 2.92. The molecule has 2 atom stereocenters. The first-order valence-electron chi connectivity index (χ1n) is 8.83. The normalized spacial score (nSPS) is 13.1. The summed E-state index contributed by atoms with van der Waals surface area (Å²) in [5.41, 5.74) is 1.30. The predicted molar refractivity (Wildman–Crippen MR) is 100 cm³/mol. The molecule has 0 heterocycles. The van der Waals surface area contributed by atoms with Crippen molar-refractivity contribution in [3.05, 3.63) is 70.8 Å². The Hall–Kier alpha value is -2.76. The van der Waals surface area contributed by atoms with E-state index in [-0.39, 0.29) is 12.0 Å². The van der Waals surface area contributed by atoms with E-state index in [0.717, 1.165) is 23.3 Å². The first kappa shape index (κ1) is 20.6. The maximum atomic E-state index is 13.8. The molecule has 0 aliphatic heterocycles. The molecule has 144 valence electrons. The molecule has 0 saturated carbocycles. The van der Waals surface area contributed by atoms with Crippen molar-refractivity contribution in [3.8, 4) is 0 Å². The Morgan fingerprint density at radius 1 is 0.889 bits per heavy atom. The van der Waals surface area contributed by atoms with E-state index in [1.54, 1.807) is 13.8 Å². The highest BCUT2D eigenvalue weighted by Gasteiger charge is 2.28. The summed E-state index contributed by atoms with van der Waals surface area (Å²) >= 11 is 0. The molecule has 0 spiro atoms. The van der Waals surface area contributed by atoms with Gasteiger partial charge in [-0.25, -0.2) is 8.78 Å². The fourth-order valence-corrected chi connectivity index (χ4v) is 2.92. The summed E-state index contributed by atoms with van der Waals surface area (Å²) in [6.45, 7) is 7.29. The van der Waals surface area contributed by atoms with E-state index >= 15 is 0 Å². The monoisotopic (exact) mass is 374 g/mol. The van der Waals surface area contributed by atoms with Crippen LogP contribution in [0.15, 0.2) is 42.5 Å². The van der Waals surface area contributed by atoms with Gasteiger partial charge in [-0.15, -0.1) is 0 Å². The molecule has 2 aromatic carbocycles. The predicted octanol–water partition coefficient (Wildman–Crippen LogP) is 3.91. The zero-order valence-corrected chi connectivity index (χ0v) is 15.8. The molecule has 2 amide bonds. The Morgan fingerprint density at radius 2 is 1.48 bits per heavy atom. The quantitative estimate of drug-likeness (QED) is 0.806. The highest BCUT2D eigenvalue weighted by atomic mass is 19.1. The molecule has 4 nitrogen and oxygen atoms in total. The number of amides is 2. The van der Waals surface area contributed by atoms with Crippen LogP contribution in [0.2, 0.25) is 0 Å². The van der Waals surface area contributed by atoms with Crippen molar-refractivity contribution in [2.24, 2.45) is 5.92 Å². The van der Waals surface area contributed by atoms with Gasteiger partial charge in [0, 0.05) is 0 Å². The second-order valence-corrected chi connectivity index (χ2v) is 6.88. The zero-order valence-electron chi connectivity index (χ0n) is 15.8. The van der Waals surface area contributed by atoms with Gasteiger partial charge in [-0.05, 0) is 43.0 Å². The molecule has 6 heteroatoms. The third-order valence-corrected chi connectivity index (χ3v) is 4.44. The van der Waals surface area contributed by atoms with Crippen LogP contribution >= 0.6 is 0 Å². The molecular weight excluding hydrogens is 350 g/mol. The highest BCUT2D eigenvalue weighted by Crippen LogP contribution is 2.18. The molecule has 0 bridgehead atoms. The van der Waals surface area contributed by atoms with Crippen molar-refractivity contribution in [3.63, 3.8) is 0 Å². The Labute approximate surface area is 158 Å². The van der Waals surface area contributed by atoms with E-state index in [4.69, 9.17) is 0 Å². The van der Waals surface area contributed by atoms with Gasteiger partial charge in [0.05, 0.1) is 6.04 Å². The maximum absolute atomic E-state index is 13.8. The summed E-state index contributed by atoms with van der Waals surface area (Å²) < 4.78 is 27.7. The lowest BCUT2D eigenvalue weighted by Crippen LogP contribution is -2.50. The number of carbonyl (C=O) groups excluding carboxylic acids is 2. The number of hydrogen-bond donors (Lipinski definition) is 2. The minimum atomic E-state index is -0.969. The third kappa shape index (κ3) is 4.90. The van der Waals surface area contributed by atoms with Crippen LogP contribution in [0, 0.1) is 24.5 Å². The summed E-state index contributed by atoms with van der Waals surface area (Å²) in [5.74, 6) is -3.57. The molecule has 0 radical (unpaired) electrons. The second kappa shape index (κ2) is 8.75. The molecular formula is C21H24F2N2O2. The lowest BCUT2D eigenvalue weighted by atomic mass is 9.99. The Balaban J connectivity index is 2.16. The summed E-state index contributed by atoms with van der Waals surface area (Å²) in [6, 6.07) is 9.63. The van der Waals surface area contributed by atoms with E-state index in [0.29, 0.717) is 0 Å². The summed E-state index contributed by atoms with van der Waals surface area (Å²) in [7, 11) is 0. The first-order chi connectivity index (χ1) is 12.7. The van der Waals surface area contributed by atoms with E-state index in [1.807, 2.05) is 38.1 Å². The molecule has 0 aromatic heterocycles. The van der Waals surface area contributed by atoms with Gasteiger partial charge in [0.1, 0.15) is 23.2 Å². The van der Waals surface area contributed by atoms with Gasteiger partial charge in [-0.2, -0.15) is 0 Å². The van der Waals surface area contributed by atoms with Crippen LogP contribution < -0.4 is 10.6 Å². The minimum Gasteiger partial charge on any atom is -0.348 e. The van der Waals surface area contributed by atoms with Gasteiger partial charge >= 0.3 is 0 Å². The number of halogens is 2. The smallest absolute Gasteiger partial charge is 0.257 e. The summed E-state index contributed by atoms with van der Waals surface area (Å²) in [5, 5.41) is 5.32. The lowest BCUT2D eigenvalue weighted by molar-refractivity contribution is -0.124. The second-order valence-electron chi connectivity index (χ2n) is 6.88. The van der Waals surface area contributed by atoms with Crippen LogP contribution in [0.1, 0.15) is 48.3 Å². The number of benzene rings is 2. The molecule has 2 rings (SSSR count). The maximum Gasteiger partial charge on any atom is 0.257 e. The van der Waals surface area contributed by atoms with Crippen molar-refractivity contribution >= 4 is 11.8 Å². The number of hydrogen-bond acceptors (Lipinski definition) is 2. The highest BCUT2D eigenvalue weighted by molar-refractivity contribution is 5.98. The largest absolute Gasteiger partial charge is 0.348 e. The van der Waals surface area contributed by atoms with Gasteiger partial charge < -0.3 is 10.6 Å². The van der Waals surface area contributed by atoms with E-state index in [2.05, 4.69) is 10.6 Å². The van der Waals surface area contributed by atoms with Crippen molar-refractivity contribution in [1.82, 2.24) is 10.6 Å². The van der Waals surface area contributed by atoms with Crippen LogP contribution in [0.5, 0.6) is 0 Å². The first-order valence-corrected chi connectivity index (χ1v) is 8.83. The summed E-state index contributed by atoms with van der Waals surface area (Å²) in [4.78, 5) is 25.0.